The van der Waals surface area contributed by atoms with Crippen LogP contribution in [0.25, 0.3) is 0 Å². The van der Waals surface area contributed by atoms with Crippen molar-refractivity contribution < 1.29 is 4.79 Å². The maximum Gasteiger partial charge on any atom is 0.251 e. The lowest BCUT2D eigenvalue weighted by molar-refractivity contribution is 0.0957. The van der Waals surface area contributed by atoms with Gasteiger partial charge in [-0.05, 0) is 30.7 Å². The van der Waals surface area contributed by atoms with Crippen molar-refractivity contribution in [3.05, 3.63) is 40.4 Å². The Hall–Kier alpha value is -1.29. The molecule has 4 heteroatoms. The molecule has 0 radical (unpaired) electrons. The summed E-state index contributed by atoms with van der Waals surface area (Å²) in [4.78, 5) is 11.6. The van der Waals surface area contributed by atoms with Crippen molar-refractivity contribution >= 4 is 27.5 Å². The van der Waals surface area contributed by atoms with Crippen LogP contribution in [0.2, 0.25) is 0 Å². The minimum atomic E-state index is -0.147. The van der Waals surface area contributed by atoms with Crippen LogP contribution >= 0.6 is 15.9 Å². The summed E-state index contributed by atoms with van der Waals surface area (Å²) in [5.41, 5.74) is 7.78. The molecule has 0 saturated carbocycles. The van der Waals surface area contributed by atoms with Gasteiger partial charge in [0.15, 0.2) is 0 Å². The number of nitrogen functional groups attached to an aromatic ring is 1. The van der Waals surface area contributed by atoms with Crippen LogP contribution in [0, 0.1) is 6.92 Å². The van der Waals surface area contributed by atoms with Gasteiger partial charge in [0.25, 0.3) is 5.91 Å². The molecule has 0 unspecified atom stereocenters. The second-order valence-corrected chi connectivity index (χ2v) is 4.45. The molecule has 0 aliphatic heterocycles. The number of rotatable bonds is 3. The zero-order chi connectivity index (χ0) is 11.4. The van der Waals surface area contributed by atoms with Gasteiger partial charge in [0.1, 0.15) is 0 Å². The third kappa shape index (κ3) is 3.75. The van der Waals surface area contributed by atoms with Gasteiger partial charge in [-0.25, -0.2) is 0 Å². The van der Waals surface area contributed by atoms with Crippen LogP contribution < -0.4 is 11.1 Å². The van der Waals surface area contributed by atoms with E-state index in [0.29, 0.717) is 17.8 Å². The van der Waals surface area contributed by atoms with E-state index in [-0.39, 0.29) is 5.91 Å². The fraction of sp³-hybridized carbons (Fsp3) is 0.182. The van der Waals surface area contributed by atoms with Gasteiger partial charge in [0.2, 0.25) is 0 Å². The molecule has 1 rings (SSSR count). The number of amides is 1. The molecule has 0 aliphatic rings. The molecule has 1 aromatic carbocycles. The molecule has 0 aliphatic carbocycles. The van der Waals surface area contributed by atoms with Crippen LogP contribution in [0.4, 0.5) is 5.69 Å². The first-order chi connectivity index (χ1) is 6.99. The average Bonchev–Trinajstić information content (AvgIpc) is 2.12. The number of aryl methyl sites for hydroxylation is 1. The molecule has 0 heterocycles. The molecule has 15 heavy (non-hydrogen) atoms. The van der Waals surface area contributed by atoms with Gasteiger partial charge in [-0.1, -0.05) is 22.5 Å². The second-order valence-electron chi connectivity index (χ2n) is 3.33. The monoisotopic (exact) mass is 268 g/mol. The van der Waals surface area contributed by atoms with Crippen LogP contribution in [0.15, 0.2) is 29.3 Å². The van der Waals surface area contributed by atoms with E-state index >= 15 is 0 Å². The number of nitrogens with one attached hydrogen (secondary N) is 1. The van der Waals surface area contributed by atoms with Gasteiger partial charge in [0.05, 0.1) is 0 Å². The largest absolute Gasteiger partial charge is 0.399 e. The number of hydrogen-bond acceptors (Lipinski definition) is 2. The van der Waals surface area contributed by atoms with Crippen molar-refractivity contribution in [3.8, 4) is 0 Å². The molecule has 0 atom stereocenters. The highest BCUT2D eigenvalue weighted by molar-refractivity contribution is 9.11. The third-order valence-electron chi connectivity index (χ3n) is 1.80. The number of halogens is 1. The van der Waals surface area contributed by atoms with Crippen molar-refractivity contribution in [1.82, 2.24) is 5.32 Å². The highest BCUT2D eigenvalue weighted by Gasteiger charge is 2.06. The lowest BCUT2D eigenvalue weighted by Gasteiger charge is -2.06. The first kappa shape index (κ1) is 11.8. The molecule has 80 valence electrons. The molecule has 1 amide bonds. The summed E-state index contributed by atoms with van der Waals surface area (Å²) in [5.74, 6) is -0.147. The Morgan fingerprint density at radius 1 is 1.53 bits per heavy atom. The summed E-state index contributed by atoms with van der Waals surface area (Å²) >= 11 is 3.17. The van der Waals surface area contributed by atoms with E-state index in [4.69, 9.17) is 5.73 Å². The lowest BCUT2D eigenvalue weighted by Crippen LogP contribution is -2.24. The summed E-state index contributed by atoms with van der Waals surface area (Å²) in [6.45, 7) is 5.94. The van der Waals surface area contributed by atoms with E-state index in [0.717, 1.165) is 10.0 Å². The molecule has 3 N–H and O–H groups in total. The number of carbonyl (C=O) groups excluding carboxylic acids is 1. The van der Waals surface area contributed by atoms with Gasteiger partial charge < -0.3 is 11.1 Å². The normalized spacial score (nSPS) is 9.73. The summed E-state index contributed by atoms with van der Waals surface area (Å²) in [5, 5.41) is 2.71. The van der Waals surface area contributed by atoms with Gasteiger partial charge in [-0.3, -0.25) is 4.79 Å². The van der Waals surface area contributed by atoms with E-state index in [9.17, 15) is 4.79 Å². The minimum absolute atomic E-state index is 0.147. The molecule has 0 saturated heterocycles. The first-order valence-electron chi connectivity index (χ1n) is 4.47. The maximum absolute atomic E-state index is 11.6. The molecular weight excluding hydrogens is 256 g/mol. The Bertz CT molecular complexity index is 381. The average molecular weight is 269 g/mol. The maximum atomic E-state index is 11.6. The Labute approximate surface area is 97.5 Å². The van der Waals surface area contributed by atoms with E-state index in [1.165, 1.54) is 0 Å². The Morgan fingerprint density at radius 2 is 2.20 bits per heavy atom. The predicted molar refractivity (Wildman–Crippen MR) is 66.0 cm³/mol. The van der Waals surface area contributed by atoms with Crippen molar-refractivity contribution in [2.75, 3.05) is 12.3 Å². The third-order valence-corrected chi connectivity index (χ3v) is 2.08. The summed E-state index contributed by atoms with van der Waals surface area (Å²) in [7, 11) is 0. The summed E-state index contributed by atoms with van der Waals surface area (Å²) in [6, 6.07) is 5.27. The fourth-order valence-corrected chi connectivity index (χ4v) is 1.36. The molecule has 0 fully saturated rings. The van der Waals surface area contributed by atoms with E-state index in [1.54, 1.807) is 12.1 Å². The van der Waals surface area contributed by atoms with Crippen LogP contribution in [0.1, 0.15) is 15.9 Å². The first-order valence-corrected chi connectivity index (χ1v) is 5.27. The smallest absolute Gasteiger partial charge is 0.251 e. The number of hydrogen-bond donors (Lipinski definition) is 2. The second kappa shape index (κ2) is 4.98. The van der Waals surface area contributed by atoms with Crippen molar-refractivity contribution in [1.29, 1.82) is 0 Å². The topological polar surface area (TPSA) is 55.1 Å². The fourth-order valence-electron chi connectivity index (χ4n) is 1.22. The van der Waals surface area contributed by atoms with Crippen molar-refractivity contribution in [2.24, 2.45) is 0 Å². The molecule has 0 spiro atoms. The molecular formula is C11H13BrN2O. The molecule has 1 aromatic rings. The van der Waals surface area contributed by atoms with Crippen LogP contribution in [-0.4, -0.2) is 12.5 Å². The molecule has 3 nitrogen and oxygen atoms in total. The summed E-state index contributed by atoms with van der Waals surface area (Å²) in [6.07, 6.45) is 0. The summed E-state index contributed by atoms with van der Waals surface area (Å²) < 4.78 is 0.733. The van der Waals surface area contributed by atoms with Crippen LogP contribution in [-0.2, 0) is 0 Å². The number of benzene rings is 1. The molecule has 0 bridgehead atoms. The van der Waals surface area contributed by atoms with Gasteiger partial charge in [0, 0.05) is 22.3 Å². The Balaban J connectivity index is 2.77. The Kier molecular flexibility index (Phi) is 3.91. The van der Waals surface area contributed by atoms with Crippen LogP contribution in [0.5, 0.6) is 0 Å². The van der Waals surface area contributed by atoms with Crippen LogP contribution in [0.3, 0.4) is 0 Å². The minimum Gasteiger partial charge on any atom is -0.399 e. The zero-order valence-corrected chi connectivity index (χ0v) is 10.1. The van der Waals surface area contributed by atoms with Gasteiger partial charge in [-0.15, -0.1) is 0 Å². The number of carbonyl (C=O) groups is 1. The predicted octanol–water partition coefficient (Wildman–Crippen LogP) is 2.22. The Morgan fingerprint density at radius 3 is 2.73 bits per heavy atom. The van der Waals surface area contributed by atoms with E-state index < -0.39 is 0 Å². The number of anilines is 1. The highest BCUT2D eigenvalue weighted by atomic mass is 79.9. The highest BCUT2D eigenvalue weighted by Crippen LogP contribution is 2.11. The van der Waals surface area contributed by atoms with E-state index in [1.807, 2.05) is 13.0 Å². The van der Waals surface area contributed by atoms with Gasteiger partial charge in [-0.2, -0.15) is 0 Å². The lowest BCUT2D eigenvalue weighted by atomic mass is 10.1. The number of nitrogens with two attached hydrogens (primary N) is 1. The SMILES string of the molecule is C=C(Br)CNC(=O)c1cc(C)cc(N)c1. The van der Waals surface area contributed by atoms with Crippen molar-refractivity contribution in [3.63, 3.8) is 0 Å². The quantitative estimate of drug-likeness (QED) is 0.826. The standard InChI is InChI=1S/C11H13BrN2O/c1-7-3-9(5-10(13)4-7)11(15)14-6-8(2)12/h3-5H,2,6,13H2,1H3,(H,14,15). The van der Waals surface area contributed by atoms with Gasteiger partial charge >= 0.3 is 0 Å². The van der Waals surface area contributed by atoms with E-state index in [2.05, 4.69) is 27.8 Å². The molecule has 0 aromatic heterocycles. The zero-order valence-electron chi connectivity index (χ0n) is 8.51. The van der Waals surface area contributed by atoms with Crippen molar-refractivity contribution in [2.45, 2.75) is 6.92 Å².